The van der Waals surface area contributed by atoms with Crippen LogP contribution in [0.1, 0.15) is 13.2 Å². The molecule has 2 aromatic heterocycles. The lowest BCUT2D eigenvalue weighted by Crippen LogP contribution is -2.43. The van der Waals surface area contributed by atoms with Crippen molar-refractivity contribution in [2.24, 2.45) is 0 Å². The van der Waals surface area contributed by atoms with Crippen LogP contribution in [-0.4, -0.2) is 59.6 Å². The third-order valence-electron chi connectivity index (χ3n) is 3.80. The Labute approximate surface area is 141 Å². The van der Waals surface area contributed by atoms with E-state index in [1.54, 1.807) is 0 Å². The number of rotatable bonds is 2. The molecule has 4 N–H and O–H groups in total. The number of aromatic nitrogens is 4. The molecule has 8 nitrogen and oxygen atoms in total. The van der Waals surface area contributed by atoms with E-state index >= 15 is 0 Å². The van der Waals surface area contributed by atoms with Gasteiger partial charge in [0, 0.05) is 0 Å². The Balaban J connectivity index is 2.13. The standard InChI is InChI=1S/C14H15ClFN5O3/c1-7(22)9-10(23)14(15,3-2-4-16)12(24-9)21-6-19-8-5-18-13(17)20-11(8)21/h5-7,9-10,12,22-23H,4H2,1H3,(H2,17,18,20)/t7-,9+,10?,12+,14+/m0/s1. The second kappa shape index (κ2) is 6.14. The number of hydrogen-bond acceptors (Lipinski definition) is 7. The van der Waals surface area contributed by atoms with Crippen molar-refractivity contribution in [3.8, 4) is 11.8 Å². The van der Waals surface area contributed by atoms with Crippen LogP contribution in [0.2, 0.25) is 0 Å². The highest BCUT2D eigenvalue weighted by molar-refractivity contribution is 6.27. The summed E-state index contributed by atoms with van der Waals surface area (Å²) < 4.78 is 19.6. The smallest absolute Gasteiger partial charge is 0.222 e. The van der Waals surface area contributed by atoms with Crippen LogP contribution in [0.15, 0.2) is 12.5 Å². The van der Waals surface area contributed by atoms with Crippen molar-refractivity contribution in [3.05, 3.63) is 12.5 Å². The number of hydrogen-bond donors (Lipinski definition) is 3. The minimum Gasteiger partial charge on any atom is -0.391 e. The normalized spacial score (nSPS) is 31.0. The maximum atomic E-state index is 12.5. The van der Waals surface area contributed by atoms with Gasteiger partial charge in [0.05, 0.1) is 18.6 Å². The quantitative estimate of drug-likeness (QED) is 0.512. The maximum Gasteiger partial charge on any atom is 0.222 e. The maximum absolute atomic E-state index is 12.5. The summed E-state index contributed by atoms with van der Waals surface area (Å²) in [5, 5.41) is 20.3. The van der Waals surface area contributed by atoms with Gasteiger partial charge in [0.25, 0.3) is 0 Å². The Hall–Kier alpha value is -1.99. The molecule has 1 aliphatic heterocycles. The molecular formula is C14H15ClFN5O3. The average Bonchev–Trinajstić information content (AvgIpc) is 3.05. The van der Waals surface area contributed by atoms with Gasteiger partial charge in [-0.05, 0) is 6.92 Å². The molecule has 0 aliphatic carbocycles. The van der Waals surface area contributed by atoms with Crippen molar-refractivity contribution in [3.63, 3.8) is 0 Å². The summed E-state index contributed by atoms with van der Waals surface area (Å²) in [5.41, 5.74) is 6.35. The topological polar surface area (TPSA) is 119 Å². The second-order valence-electron chi connectivity index (χ2n) is 5.43. The predicted octanol–water partition coefficient (Wildman–Crippen LogP) is -0.00190. The summed E-state index contributed by atoms with van der Waals surface area (Å²) in [6, 6.07) is 0. The van der Waals surface area contributed by atoms with Crippen LogP contribution in [0.4, 0.5) is 10.3 Å². The molecule has 1 fully saturated rings. The summed E-state index contributed by atoms with van der Waals surface area (Å²) in [7, 11) is 0. The molecule has 24 heavy (non-hydrogen) atoms. The highest BCUT2D eigenvalue weighted by Crippen LogP contribution is 2.45. The van der Waals surface area contributed by atoms with Crippen molar-refractivity contribution < 1.29 is 19.3 Å². The minimum atomic E-state index is -1.69. The first-order chi connectivity index (χ1) is 11.4. The highest BCUT2D eigenvalue weighted by Gasteiger charge is 2.57. The summed E-state index contributed by atoms with van der Waals surface area (Å²) in [4.78, 5) is 10.4. The van der Waals surface area contributed by atoms with Gasteiger partial charge < -0.3 is 20.7 Å². The van der Waals surface area contributed by atoms with Crippen LogP contribution in [0.5, 0.6) is 0 Å². The average molecular weight is 356 g/mol. The van der Waals surface area contributed by atoms with Crippen molar-refractivity contribution >= 4 is 28.7 Å². The number of ether oxygens (including phenoxy) is 1. The molecule has 1 unspecified atom stereocenters. The molecule has 0 saturated carbocycles. The molecular weight excluding hydrogens is 341 g/mol. The van der Waals surface area contributed by atoms with Gasteiger partial charge in [0.1, 0.15) is 24.4 Å². The lowest BCUT2D eigenvalue weighted by molar-refractivity contribution is -0.0752. The zero-order valence-electron chi connectivity index (χ0n) is 12.6. The van der Waals surface area contributed by atoms with Gasteiger partial charge in [-0.15, -0.1) is 0 Å². The number of nitrogen functional groups attached to an aromatic ring is 1. The largest absolute Gasteiger partial charge is 0.391 e. The van der Waals surface area contributed by atoms with Gasteiger partial charge >= 0.3 is 0 Å². The fourth-order valence-electron chi connectivity index (χ4n) is 2.67. The van der Waals surface area contributed by atoms with E-state index in [9.17, 15) is 14.6 Å². The van der Waals surface area contributed by atoms with Crippen LogP contribution < -0.4 is 5.73 Å². The molecule has 0 spiro atoms. The highest BCUT2D eigenvalue weighted by atomic mass is 35.5. The van der Waals surface area contributed by atoms with E-state index in [4.69, 9.17) is 22.1 Å². The summed E-state index contributed by atoms with van der Waals surface area (Å²) in [5.74, 6) is 4.72. The van der Waals surface area contributed by atoms with Crippen molar-refractivity contribution in [1.29, 1.82) is 0 Å². The van der Waals surface area contributed by atoms with E-state index < -0.39 is 36.1 Å². The number of nitrogens with zero attached hydrogens (tertiary/aromatic N) is 4. The van der Waals surface area contributed by atoms with Gasteiger partial charge in [-0.1, -0.05) is 23.4 Å². The Morgan fingerprint density at radius 2 is 2.33 bits per heavy atom. The summed E-state index contributed by atoms with van der Waals surface area (Å²) in [6.07, 6.45) is -1.65. The predicted molar refractivity (Wildman–Crippen MR) is 83.7 cm³/mol. The van der Waals surface area contributed by atoms with Crippen molar-refractivity contribution in [1.82, 2.24) is 19.5 Å². The molecule has 3 heterocycles. The second-order valence-corrected chi connectivity index (χ2v) is 6.06. The number of nitrogens with two attached hydrogens (primary N) is 1. The number of imidazole rings is 1. The number of aliphatic hydroxyl groups is 2. The fourth-order valence-corrected chi connectivity index (χ4v) is 3.02. The van der Waals surface area contributed by atoms with Gasteiger partial charge in [-0.2, -0.15) is 4.98 Å². The van der Waals surface area contributed by atoms with E-state index in [2.05, 4.69) is 26.8 Å². The van der Waals surface area contributed by atoms with E-state index in [1.807, 2.05) is 0 Å². The molecule has 0 amide bonds. The monoisotopic (exact) mass is 355 g/mol. The Morgan fingerprint density at radius 3 is 3.00 bits per heavy atom. The third-order valence-corrected chi connectivity index (χ3v) is 4.30. The van der Waals surface area contributed by atoms with Crippen molar-refractivity contribution in [2.75, 3.05) is 12.4 Å². The Morgan fingerprint density at radius 1 is 1.58 bits per heavy atom. The number of halogens is 2. The minimum absolute atomic E-state index is 0.0184. The first kappa shape index (κ1) is 16.9. The fraction of sp³-hybridized carbons (Fsp3) is 0.500. The zero-order chi connectivity index (χ0) is 17.5. The zero-order valence-corrected chi connectivity index (χ0v) is 13.4. The van der Waals surface area contributed by atoms with E-state index in [0.717, 1.165) is 0 Å². The number of aliphatic hydroxyl groups excluding tert-OH is 2. The number of alkyl halides is 2. The Bertz CT molecular complexity index is 820. The van der Waals surface area contributed by atoms with Crippen LogP contribution in [-0.2, 0) is 4.74 Å². The SMILES string of the molecule is C[C@H](O)[C@H]1O[C@@H](n2cnc3cnc(N)nc32)[C@@](Cl)(C#CCF)C1O. The number of anilines is 1. The number of fused-ring (bicyclic) bond motifs is 1. The van der Waals surface area contributed by atoms with E-state index in [-0.39, 0.29) is 5.95 Å². The van der Waals surface area contributed by atoms with Gasteiger partial charge in [0.15, 0.2) is 16.7 Å². The molecule has 128 valence electrons. The molecule has 1 saturated heterocycles. The molecule has 3 rings (SSSR count). The van der Waals surface area contributed by atoms with Crippen molar-refractivity contribution in [2.45, 2.75) is 36.3 Å². The lowest BCUT2D eigenvalue weighted by atomic mass is 9.96. The van der Waals surface area contributed by atoms with Crippen LogP contribution in [0.25, 0.3) is 11.2 Å². The van der Waals surface area contributed by atoms with Crippen LogP contribution >= 0.6 is 11.6 Å². The van der Waals surface area contributed by atoms with E-state index in [0.29, 0.717) is 11.2 Å². The van der Waals surface area contributed by atoms with E-state index in [1.165, 1.54) is 24.0 Å². The van der Waals surface area contributed by atoms with Gasteiger partial charge in [-0.25, -0.2) is 14.4 Å². The van der Waals surface area contributed by atoms with Crippen LogP contribution in [0.3, 0.4) is 0 Å². The molecule has 5 atom stereocenters. The molecule has 0 aromatic carbocycles. The Kier molecular flexibility index (Phi) is 4.31. The first-order valence-electron chi connectivity index (χ1n) is 7.10. The van der Waals surface area contributed by atoms with Gasteiger partial charge in [-0.3, -0.25) is 4.57 Å². The molecule has 0 bridgehead atoms. The lowest BCUT2D eigenvalue weighted by Gasteiger charge is -2.25. The molecule has 2 aromatic rings. The molecule has 0 radical (unpaired) electrons. The molecule has 1 aliphatic rings. The van der Waals surface area contributed by atoms with Gasteiger partial charge in [0.2, 0.25) is 5.95 Å². The first-order valence-corrected chi connectivity index (χ1v) is 7.48. The molecule has 10 heteroatoms. The van der Waals surface area contributed by atoms with Crippen LogP contribution in [0, 0.1) is 11.8 Å². The summed E-state index contributed by atoms with van der Waals surface area (Å²) >= 11 is 6.49. The summed E-state index contributed by atoms with van der Waals surface area (Å²) in [6.45, 7) is 0.509. The third kappa shape index (κ3) is 2.57.